The third-order valence-electron chi connectivity index (χ3n) is 2.56. The number of likely N-dealkylation sites (tertiary alicyclic amines) is 1. The van der Waals surface area contributed by atoms with Crippen LogP contribution in [0.1, 0.15) is 19.8 Å². The van der Waals surface area contributed by atoms with Crippen LogP contribution in [-0.2, 0) is 28.6 Å². The summed E-state index contributed by atoms with van der Waals surface area (Å²) in [7, 11) is 0. The highest BCUT2D eigenvalue weighted by molar-refractivity contribution is 5.81. The van der Waals surface area contributed by atoms with Gasteiger partial charge in [-0.15, -0.1) is 0 Å². The van der Waals surface area contributed by atoms with E-state index in [1.54, 1.807) is 11.1 Å². The normalized spacial score (nSPS) is 17.5. The highest BCUT2D eigenvalue weighted by Crippen LogP contribution is 2.08. The summed E-state index contributed by atoms with van der Waals surface area (Å²) >= 11 is 0. The van der Waals surface area contributed by atoms with Crippen molar-refractivity contribution in [2.24, 2.45) is 0 Å². The molecule has 128 valence electrons. The van der Waals surface area contributed by atoms with Gasteiger partial charge in [-0.05, 0) is 12.6 Å². The monoisotopic (exact) mass is 325 g/mol. The number of epoxide rings is 1. The van der Waals surface area contributed by atoms with Gasteiger partial charge in [0.05, 0.1) is 12.9 Å². The molecule has 2 aliphatic rings. The average molecular weight is 325 g/mol. The number of esters is 2. The Morgan fingerprint density at radius 3 is 2.30 bits per heavy atom. The molecule has 1 amide bonds. The summed E-state index contributed by atoms with van der Waals surface area (Å²) in [4.78, 5) is 32.4. The van der Waals surface area contributed by atoms with Crippen molar-refractivity contribution in [3.63, 3.8) is 0 Å². The Balaban J connectivity index is 0.000000323. The molecule has 0 aromatic carbocycles. The molecule has 0 N–H and O–H groups in total. The van der Waals surface area contributed by atoms with Gasteiger partial charge < -0.3 is 19.1 Å². The smallest absolute Gasteiger partial charge is 0.330 e. The topological polar surface area (TPSA) is 85.4 Å². The van der Waals surface area contributed by atoms with E-state index in [-0.39, 0.29) is 23.9 Å². The van der Waals surface area contributed by atoms with Crippen LogP contribution in [-0.4, -0.2) is 48.6 Å². The van der Waals surface area contributed by atoms with E-state index in [2.05, 4.69) is 29.2 Å². The molecule has 2 fully saturated rings. The first-order valence-corrected chi connectivity index (χ1v) is 7.05. The van der Waals surface area contributed by atoms with Crippen molar-refractivity contribution in [1.29, 1.82) is 0 Å². The first kappa shape index (κ1) is 20.6. The Morgan fingerprint density at radius 1 is 1.39 bits per heavy atom. The van der Waals surface area contributed by atoms with Gasteiger partial charge in [0.25, 0.3) is 0 Å². The SMILES string of the molecule is C=CC(=O)OCC1CO1.C=CN1CCCC1=O.C=COC(C)=O. The standard InChI is InChI=1S/C6H9NO.C6H8O3.C4H6O2/c1-2-7-5-3-4-6(7)8;1-2-6(7)9-4-5-3-8-5;1-3-6-4(2)5/h2H,1,3-5H2;2,5H,1,3-4H2;3H,1H2,2H3. The molecule has 0 spiro atoms. The maximum Gasteiger partial charge on any atom is 0.330 e. The van der Waals surface area contributed by atoms with E-state index in [1.165, 1.54) is 6.92 Å². The van der Waals surface area contributed by atoms with Gasteiger partial charge in [0.2, 0.25) is 5.91 Å². The van der Waals surface area contributed by atoms with Crippen LogP contribution in [0.25, 0.3) is 0 Å². The third kappa shape index (κ3) is 11.9. The Bertz CT molecular complexity index is 442. The fourth-order valence-electron chi connectivity index (χ4n) is 1.38. The number of amides is 1. The molecule has 0 saturated carbocycles. The van der Waals surface area contributed by atoms with Gasteiger partial charge in [-0.1, -0.05) is 19.7 Å². The van der Waals surface area contributed by atoms with E-state index in [0.717, 1.165) is 25.3 Å². The number of ether oxygens (including phenoxy) is 3. The Hall–Kier alpha value is -2.41. The molecule has 0 aliphatic carbocycles. The zero-order chi connectivity index (χ0) is 17.7. The van der Waals surface area contributed by atoms with Gasteiger partial charge in [0.15, 0.2) is 0 Å². The Morgan fingerprint density at radius 2 is 2.04 bits per heavy atom. The summed E-state index contributed by atoms with van der Waals surface area (Å²) in [5.41, 5.74) is 0. The third-order valence-corrected chi connectivity index (χ3v) is 2.56. The van der Waals surface area contributed by atoms with Crippen molar-refractivity contribution >= 4 is 17.8 Å². The highest BCUT2D eigenvalue weighted by Gasteiger charge is 2.23. The molecule has 2 saturated heterocycles. The van der Waals surface area contributed by atoms with Crippen LogP contribution in [0.5, 0.6) is 0 Å². The van der Waals surface area contributed by atoms with Gasteiger partial charge in [-0.3, -0.25) is 9.59 Å². The number of rotatable bonds is 5. The predicted octanol–water partition coefficient (Wildman–Crippen LogP) is 1.56. The van der Waals surface area contributed by atoms with Crippen LogP contribution in [0.4, 0.5) is 0 Å². The van der Waals surface area contributed by atoms with E-state index < -0.39 is 0 Å². The van der Waals surface area contributed by atoms with Crippen LogP contribution in [0.15, 0.2) is 38.3 Å². The van der Waals surface area contributed by atoms with E-state index in [9.17, 15) is 14.4 Å². The maximum atomic E-state index is 10.7. The lowest BCUT2D eigenvalue weighted by atomic mass is 10.4. The Kier molecular flexibility index (Phi) is 10.9. The van der Waals surface area contributed by atoms with Crippen LogP contribution in [0.2, 0.25) is 0 Å². The largest absolute Gasteiger partial charge is 0.460 e. The summed E-state index contributed by atoms with van der Waals surface area (Å²) in [5, 5.41) is 0. The van der Waals surface area contributed by atoms with Gasteiger partial charge in [-0.2, -0.15) is 0 Å². The number of hydrogen-bond donors (Lipinski definition) is 0. The number of carbonyl (C=O) groups excluding carboxylic acids is 3. The van der Waals surface area contributed by atoms with E-state index in [0.29, 0.717) is 19.6 Å². The van der Waals surface area contributed by atoms with Crippen molar-refractivity contribution in [3.05, 3.63) is 38.3 Å². The number of hydrogen-bond acceptors (Lipinski definition) is 6. The summed E-state index contributed by atoms with van der Waals surface area (Å²) in [6, 6.07) is 0. The van der Waals surface area contributed by atoms with Gasteiger partial charge in [0.1, 0.15) is 12.7 Å². The molecule has 0 aromatic rings. The first-order chi connectivity index (χ1) is 10.9. The summed E-state index contributed by atoms with van der Waals surface area (Å²) in [6.45, 7) is 13.2. The number of carbonyl (C=O) groups is 3. The minimum Gasteiger partial charge on any atom is -0.460 e. The number of nitrogens with zero attached hydrogens (tertiary/aromatic N) is 1. The van der Waals surface area contributed by atoms with Gasteiger partial charge in [-0.25, -0.2) is 4.79 Å². The highest BCUT2D eigenvalue weighted by atomic mass is 16.6. The van der Waals surface area contributed by atoms with Crippen molar-refractivity contribution in [1.82, 2.24) is 4.90 Å². The summed E-state index contributed by atoms with van der Waals surface area (Å²) in [6.07, 6.45) is 5.67. The minimum absolute atomic E-state index is 0.147. The van der Waals surface area contributed by atoms with E-state index >= 15 is 0 Å². The lowest BCUT2D eigenvalue weighted by Gasteiger charge is -2.05. The molecule has 0 aromatic heterocycles. The molecule has 1 atom stereocenters. The van der Waals surface area contributed by atoms with Gasteiger partial charge >= 0.3 is 11.9 Å². The summed E-state index contributed by atoms with van der Waals surface area (Å²) in [5.74, 6) is -0.504. The second kappa shape index (κ2) is 12.2. The van der Waals surface area contributed by atoms with Crippen LogP contribution in [0, 0.1) is 0 Å². The lowest BCUT2D eigenvalue weighted by Crippen LogP contribution is -2.16. The van der Waals surface area contributed by atoms with Crippen LogP contribution in [0.3, 0.4) is 0 Å². The lowest BCUT2D eigenvalue weighted by molar-refractivity contribution is -0.138. The second-order valence-corrected chi connectivity index (χ2v) is 4.44. The maximum absolute atomic E-state index is 10.7. The molecule has 0 bridgehead atoms. The van der Waals surface area contributed by atoms with Crippen molar-refractivity contribution in [2.75, 3.05) is 19.8 Å². The first-order valence-electron chi connectivity index (χ1n) is 7.05. The van der Waals surface area contributed by atoms with Crippen molar-refractivity contribution in [3.8, 4) is 0 Å². The molecule has 2 heterocycles. The average Bonchev–Trinajstić information content (AvgIpc) is 3.26. The summed E-state index contributed by atoms with van der Waals surface area (Å²) < 4.78 is 13.6. The van der Waals surface area contributed by atoms with Crippen LogP contribution >= 0.6 is 0 Å². The molecule has 7 heteroatoms. The van der Waals surface area contributed by atoms with Crippen LogP contribution < -0.4 is 0 Å². The quantitative estimate of drug-likeness (QED) is 0.330. The van der Waals surface area contributed by atoms with Crippen molar-refractivity contribution in [2.45, 2.75) is 25.9 Å². The Labute approximate surface area is 136 Å². The zero-order valence-electron chi connectivity index (χ0n) is 13.4. The minimum atomic E-state index is -0.384. The zero-order valence-corrected chi connectivity index (χ0v) is 13.4. The van der Waals surface area contributed by atoms with E-state index in [1.807, 2.05) is 0 Å². The fourth-order valence-corrected chi connectivity index (χ4v) is 1.38. The molecule has 23 heavy (non-hydrogen) atoms. The molecular weight excluding hydrogens is 302 g/mol. The van der Waals surface area contributed by atoms with Crippen molar-refractivity contribution < 1.29 is 28.6 Å². The second-order valence-electron chi connectivity index (χ2n) is 4.44. The molecule has 2 aliphatic heterocycles. The predicted molar refractivity (Wildman–Crippen MR) is 84.0 cm³/mol. The molecule has 7 nitrogen and oxygen atoms in total. The molecule has 2 rings (SSSR count). The molecule has 1 unspecified atom stereocenters. The fraction of sp³-hybridized carbons (Fsp3) is 0.438. The van der Waals surface area contributed by atoms with E-state index in [4.69, 9.17) is 4.74 Å². The molecule has 0 radical (unpaired) electrons. The van der Waals surface area contributed by atoms with Gasteiger partial charge in [0, 0.05) is 26.0 Å². The molecular formula is C16H23NO6.